The topological polar surface area (TPSA) is 83.4 Å². The first-order chi connectivity index (χ1) is 10.2. The molecule has 1 saturated carbocycles. The van der Waals surface area contributed by atoms with Gasteiger partial charge in [-0.1, -0.05) is 12.8 Å². The maximum absolute atomic E-state index is 12.0. The zero-order valence-electron chi connectivity index (χ0n) is 12.9. The number of nitrogens with zero attached hydrogens (tertiary/aromatic N) is 1. The van der Waals surface area contributed by atoms with Crippen LogP contribution < -0.4 is 10.6 Å². The molecule has 1 fully saturated rings. The summed E-state index contributed by atoms with van der Waals surface area (Å²) in [7, 11) is 0. The molecule has 0 radical (unpaired) electrons. The molecule has 0 spiro atoms. The highest BCUT2D eigenvalue weighted by atomic mass is 16.7. The third-order valence-electron chi connectivity index (χ3n) is 3.29. The lowest BCUT2D eigenvalue weighted by molar-refractivity contribution is -0.131. The van der Waals surface area contributed by atoms with Crippen LogP contribution in [0, 0.1) is 11.3 Å². The molecule has 1 aliphatic rings. The van der Waals surface area contributed by atoms with Crippen molar-refractivity contribution in [3.05, 3.63) is 11.8 Å². The van der Waals surface area contributed by atoms with Crippen molar-refractivity contribution in [3.8, 4) is 6.07 Å². The molecule has 0 aromatic carbocycles. The summed E-state index contributed by atoms with van der Waals surface area (Å²) in [5.74, 6) is -0.318. The van der Waals surface area contributed by atoms with Crippen LogP contribution in [0.3, 0.4) is 0 Å². The van der Waals surface area contributed by atoms with Gasteiger partial charge in [0.05, 0.1) is 6.54 Å². The van der Waals surface area contributed by atoms with E-state index in [1.807, 2.05) is 19.9 Å². The predicted molar refractivity (Wildman–Crippen MR) is 79.1 cm³/mol. The Kier molecular flexibility index (Phi) is 8.48. The van der Waals surface area contributed by atoms with E-state index in [-0.39, 0.29) is 23.8 Å². The van der Waals surface area contributed by atoms with Crippen LogP contribution in [0.1, 0.15) is 39.5 Å². The fourth-order valence-electron chi connectivity index (χ4n) is 2.28. The smallest absolute Gasteiger partial charge is 0.263 e. The van der Waals surface area contributed by atoms with Crippen LogP contribution in [-0.2, 0) is 14.3 Å². The molecule has 0 unspecified atom stereocenters. The summed E-state index contributed by atoms with van der Waals surface area (Å²) in [6, 6.07) is 2.12. The van der Waals surface area contributed by atoms with E-state index in [1.165, 1.54) is 6.20 Å². The molecule has 21 heavy (non-hydrogen) atoms. The normalized spacial score (nSPS) is 16.0. The molecule has 0 saturated heterocycles. The number of amides is 1. The van der Waals surface area contributed by atoms with E-state index in [9.17, 15) is 4.79 Å². The summed E-state index contributed by atoms with van der Waals surface area (Å²) in [5, 5.41) is 14.9. The van der Waals surface area contributed by atoms with Crippen LogP contribution in [0.25, 0.3) is 0 Å². The number of nitriles is 1. The second-order valence-electron chi connectivity index (χ2n) is 4.87. The predicted octanol–water partition coefficient (Wildman–Crippen LogP) is 1.44. The van der Waals surface area contributed by atoms with Crippen molar-refractivity contribution in [2.45, 2.75) is 51.9 Å². The highest BCUT2D eigenvalue weighted by Gasteiger charge is 2.19. The van der Waals surface area contributed by atoms with Crippen LogP contribution >= 0.6 is 0 Å². The van der Waals surface area contributed by atoms with Crippen molar-refractivity contribution in [1.29, 1.82) is 5.26 Å². The van der Waals surface area contributed by atoms with Crippen LogP contribution in [0.2, 0.25) is 0 Å². The molecule has 0 bridgehead atoms. The summed E-state index contributed by atoms with van der Waals surface area (Å²) >= 11 is 0. The monoisotopic (exact) mass is 295 g/mol. The van der Waals surface area contributed by atoms with E-state index in [1.54, 1.807) is 0 Å². The van der Waals surface area contributed by atoms with Gasteiger partial charge >= 0.3 is 0 Å². The van der Waals surface area contributed by atoms with Crippen molar-refractivity contribution in [1.82, 2.24) is 10.6 Å². The molecule has 0 heterocycles. The lowest BCUT2D eigenvalue weighted by atomic mass is 10.2. The molecular formula is C15H25N3O3. The SMILES string of the molecule is CCOC(CN/C=C(/C#N)C(=O)NC1CCCC1)OCC. The Hall–Kier alpha value is -1.58. The lowest BCUT2D eigenvalue weighted by Gasteiger charge is -2.17. The van der Waals surface area contributed by atoms with Crippen molar-refractivity contribution in [2.75, 3.05) is 19.8 Å². The Morgan fingerprint density at radius 2 is 1.95 bits per heavy atom. The van der Waals surface area contributed by atoms with Gasteiger partial charge in [0.2, 0.25) is 0 Å². The van der Waals surface area contributed by atoms with Crippen LogP contribution in [-0.4, -0.2) is 38.0 Å². The minimum atomic E-state index is -0.380. The summed E-state index contributed by atoms with van der Waals surface area (Å²) in [6.45, 7) is 5.26. The maximum Gasteiger partial charge on any atom is 0.263 e. The Labute approximate surface area is 126 Å². The maximum atomic E-state index is 12.0. The molecule has 1 aliphatic carbocycles. The van der Waals surface area contributed by atoms with Gasteiger partial charge in [-0.05, 0) is 26.7 Å². The van der Waals surface area contributed by atoms with Crippen molar-refractivity contribution in [3.63, 3.8) is 0 Å². The second kappa shape index (κ2) is 10.2. The Morgan fingerprint density at radius 3 is 2.48 bits per heavy atom. The molecule has 2 N–H and O–H groups in total. The summed E-state index contributed by atoms with van der Waals surface area (Å²) < 4.78 is 10.7. The molecule has 6 heteroatoms. The minimum absolute atomic E-state index is 0.0775. The molecule has 1 amide bonds. The highest BCUT2D eigenvalue weighted by molar-refractivity contribution is 5.97. The molecular weight excluding hydrogens is 270 g/mol. The minimum Gasteiger partial charge on any atom is -0.385 e. The van der Waals surface area contributed by atoms with E-state index >= 15 is 0 Å². The van der Waals surface area contributed by atoms with Gasteiger partial charge in [0.25, 0.3) is 5.91 Å². The summed E-state index contributed by atoms with van der Waals surface area (Å²) in [4.78, 5) is 12.0. The second-order valence-corrected chi connectivity index (χ2v) is 4.87. The molecule has 6 nitrogen and oxygen atoms in total. The number of hydrogen-bond donors (Lipinski definition) is 2. The number of hydrogen-bond acceptors (Lipinski definition) is 5. The van der Waals surface area contributed by atoms with E-state index < -0.39 is 0 Å². The first-order valence-corrected chi connectivity index (χ1v) is 7.59. The number of rotatable bonds is 9. The Morgan fingerprint density at radius 1 is 1.33 bits per heavy atom. The molecule has 0 atom stereocenters. The number of carbonyl (C=O) groups excluding carboxylic acids is 1. The molecule has 1 rings (SSSR count). The standard InChI is InChI=1S/C15H25N3O3/c1-3-20-14(21-4-2)11-17-10-12(9-16)15(19)18-13-7-5-6-8-13/h10,13-14,17H,3-8,11H2,1-2H3,(H,18,19)/b12-10-. The van der Waals surface area contributed by atoms with Gasteiger partial charge in [-0.3, -0.25) is 4.79 Å². The van der Waals surface area contributed by atoms with Crippen molar-refractivity contribution in [2.24, 2.45) is 0 Å². The van der Waals surface area contributed by atoms with Gasteiger partial charge in [-0.2, -0.15) is 5.26 Å². The van der Waals surface area contributed by atoms with Crippen LogP contribution in [0.15, 0.2) is 11.8 Å². The third kappa shape index (κ3) is 6.61. The van der Waals surface area contributed by atoms with Crippen molar-refractivity contribution < 1.29 is 14.3 Å². The third-order valence-corrected chi connectivity index (χ3v) is 3.29. The number of ether oxygens (including phenoxy) is 2. The number of nitrogens with one attached hydrogen (secondary N) is 2. The highest BCUT2D eigenvalue weighted by Crippen LogP contribution is 2.17. The summed E-state index contributed by atoms with van der Waals surface area (Å²) in [5.41, 5.74) is 0.0775. The van der Waals surface area contributed by atoms with Crippen LogP contribution in [0.4, 0.5) is 0 Å². The van der Waals surface area contributed by atoms with E-state index in [0.29, 0.717) is 19.8 Å². The van der Waals surface area contributed by atoms with Gasteiger partial charge in [-0.15, -0.1) is 0 Å². The van der Waals surface area contributed by atoms with E-state index in [4.69, 9.17) is 14.7 Å². The largest absolute Gasteiger partial charge is 0.385 e. The van der Waals surface area contributed by atoms with Gasteiger partial charge in [-0.25, -0.2) is 0 Å². The molecule has 0 aromatic heterocycles. The number of carbonyl (C=O) groups is 1. The Bertz CT molecular complexity index is 378. The first kappa shape index (κ1) is 17.5. The molecule has 118 valence electrons. The average molecular weight is 295 g/mol. The van der Waals surface area contributed by atoms with Gasteiger partial charge in [0.1, 0.15) is 11.6 Å². The Balaban J connectivity index is 2.42. The molecule has 0 aromatic rings. The van der Waals surface area contributed by atoms with Crippen LogP contribution in [0.5, 0.6) is 0 Å². The summed E-state index contributed by atoms with van der Waals surface area (Å²) in [6.07, 6.45) is 5.31. The zero-order valence-corrected chi connectivity index (χ0v) is 12.9. The first-order valence-electron chi connectivity index (χ1n) is 7.59. The van der Waals surface area contributed by atoms with E-state index in [0.717, 1.165) is 25.7 Å². The lowest BCUT2D eigenvalue weighted by Crippen LogP contribution is -2.34. The fourth-order valence-corrected chi connectivity index (χ4v) is 2.28. The van der Waals surface area contributed by atoms with E-state index in [2.05, 4.69) is 10.6 Å². The fraction of sp³-hybridized carbons (Fsp3) is 0.733. The van der Waals surface area contributed by atoms with Gasteiger partial charge < -0.3 is 20.1 Å². The average Bonchev–Trinajstić information content (AvgIpc) is 2.96. The molecule has 0 aliphatic heterocycles. The van der Waals surface area contributed by atoms with Crippen molar-refractivity contribution >= 4 is 5.91 Å². The zero-order chi connectivity index (χ0) is 15.5. The van der Waals surface area contributed by atoms with Gasteiger partial charge in [0, 0.05) is 25.5 Å². The van der Waals surface area contributed by atoms with Gasteiger partial charge in [0.15, 0.2) is 6.29 Å². The quantitative estimate of drug-likeness (QED) is 0.382.